The molecule has 1 saturated heterocycles. The third-order valence-corrected chi connectivity index (χ3v) is 3.45. The van der Waals surface area contributed by atoms with Gasteiger partial charge in [0.2, 0.25) is 0 Å². The van der Waals surface area contributed by atoms with Crippen molar-refractivity contribution < 1.29 is 14.3 Å². The summed E-state index contributed by atoms with van der Waals surface area (Å²) in [7, 11) is 0. The van der Waals surface area contributed by atoms with Gasteiger partial charge in [-0.05, 0) is 36.5 Å². The predicted molar refractivity (Wildman–Crippen MR) is 68.6 cm³/mol. The molecule has 0 aliphatic carbocycles. The second-order valence-corrected chi connectivity index (χ2v) is 5.66. The van der Waals surface area contributed by atoms with E-state index in [1.165, 1.54) is 18.6 Å². The molecule has 0 saturated carbocycles. The van der Waals surface area contributed by atoms with Gasteiger partial charge in [0.15, 0.2) is 0 Å². The smallest absolute Gasteiger partial charge is 0.338 e. The first-order valence-corrected chi connectivity index (χ1v) is 6.17. The molecule has 1 aromatic rings. The first-order chi connectivity index (χ1) is 8.39. The van der Waals surface area contributed by atoms with Crippen LogP contribution in [0.5, 0.6) is 0 Å². The molecule has 0 bridgehead atoms. The van der Waals surface area contributed by atoms with Gasteiger partial charge >= 0.3 is 5.97 Å². The van der Waals surface area contributed by atoms with Crippen LogP contribution >= 0.6 is 0 Å². The van der Waals surface area contributed by atoms with Crippen LogP contribution in [0.3, 0.4) is 0 Å². The number of rotatable bonds is 2. The van der Waals surface area contributed by atoms with Gasteiger partial charge in [-0.3, -0.25) is 0 Å². The highest BCUT2D eigenvalue weighted by Crippen LogP contribution is 2.32. The van der Waals surface area contributed by atoms with Gasteiger partial charge in [0, 0.05) is 18.8 Å². The maximum atomic E-state index is 13.6. The highest BCUT2D eigenvalue weighted by Gasteiger charge is 2.27. The molecule has 0 atom stereocenters. The third kappa shape index (κ3) is 2.63. The Bertz CT molecular complexity index is 471. The van der Waals surface area contributed by atoms with Gasteiger partial charge in [-0.1, -0.05) is 13.8 Å². The fraction of sp³-hybridized carbons (Fsp3) is 0.500. The van der Waals surface area contributed by atoms with E-state index in [1.54, 1.807) is 6.07 Å². The van der Waals surface area contributed by atoms with Gasteiger partial charge < -0.3 is 10.0 Å². The molecule has 0 radical (unpaired) electrons. The van der Waals surface area contributed by atoms with E-state index in [9.17, 15) is 9.18 Å². The van der Waals surface area contributed by atoms with Crippen LogP contribution in [-0.4, -0.2) is 24.2 Å². The second-order valence-electron chi connectivity index (χ2n) is 5.66. The number of hydrogen-bond donors (Lipinski definition) is 1. The molecular formula is C14H18FNO2. The lowest BCUT2D eigenvalue weighted by Gasteiger charge is -2.39. The largest absolute Gasteiger partial charge is 0.478 e. The van der Waals surface area contributed by atoms with Crippen molar-refractivity contribution in [2.75, 3.05) is 18.0 Å². The number of halogens is 1. The zero-order valence-electron chi connectivity index (χ0n) is 10.7. The molecule has 98 valence electrons. The van der Waals surface area contributed by atoms with Gasteiger partial charge in [-0.2, -0.15) is 0 Å². The van der Waals surface area contributed by atoms with E-state index in [1.807, 2.05) is 0 Å². The van der Waals surface area contributed by atoms with Crippen LogP contribution < -0.4 is 4.90 Å². The zero-order valence-corrected chi connectivity index (χ0v) is 10.7. The summed E-state index contributed by atoms with van der Waals surface area (Å²) in [4.78, 5) is 12.9. The van der Waals surface area contributed by atoms with Crippen LogP contribution in [0.2, 0.25) is 0 Å². The van der Waals surface area contributed by atoms with Crippen molar-refractivity contribution in [2.45, 2.75) is 26.7 Å². The Hall–Kier alpha value is -1.58. The summed E-state index contributed by atoms with van der Waals surface area (Å²) in [5.41, 5.74) is 0.723. The van der Waals surface area contributed by atoms with E-state index >= 15 is 0 Å². The molecule has 0 unspecified atom stereocenters. The van der Waals surface area contributed by atoms with Gasteiger partial charge in [0.25, 0.3) is 0 Å². The number of aromatic carboxylic acids is 1. The molecule has 1 N–H and O–H groups in total. The number of carbonyl (C=O) groups is 1. The van der Waals surface area contributed by atoms with Gasteiger partial charge in [0.05, 0.1) is 5.56 Å². The first kappa shape index (κ1) is 12.9. The Morgan fingerprint density at radius 3 is 2.72 bits per heavy atom. The summed E-state index contributed by atoms with van der Waals surface area (Å²) in [6.07, 6.45) is 2.24. The fourth-order valence-electron chi connectivity index (χ4n) is 2.52. The highest BCUT2D eigenvalue weighted by molar-refractivity contribution is 5.88. The number of anilines is 1. The minimum absolute atomic E-state index is 0.222. The summed E-state index contributed by atoms with van der Waals surface area (Å²) in [6, 6.07) is 4.35. The maximum absolute atomic E-state index is 13.6. The highest BCUT2D eigenvalue weighted by atomic mass is 19.1. The van der Waals surface area contributed by atoms with Crippen LogP contribution in [0.1, 0.15) is 37.0 Å². The Kier molecular flexibility index (Phi) is 3.28. The van der Waals surface area contributed by atoms with E-state index in [-0.39, 0.29) is 11.0 Å². The monoisotopic (exact) mass is 251 g/mol. The van der Waals surface area contributed by atoms with Crippen molar-refractivity contribution in [3.63, 3.8) is 0 Å². The van der Waals surface area contributed by atoms with Crippen LogP contribution in [0, 0.1) is 11.2 Å². The van der Waals surface area contributed by atoms with Crippen LogP contribution in [-0.2, 0) is 0 Å². The number of piperidine rings is 1. The molecule has 1 aliphatic rings. The average Bonchev–Trinajstić information content (AvgIpc) is 2.27. The lowest BCUT2D eigenvalue weighted by atomic mass is 9.84. The number of carboxylic acids is 1. The SMILES string of the molecule is CC1(C)CCCN(c2ccc(C(=O)O)c(F)c2)C1. The Morgan fingerprint density at radius 1 is 1.44 bits per heavy atom. The molecule has 1 fully saturated rings. The van der Waals surface area contributed by atoms with Crippen molar-refractivity contribution in [2.24, 2.45) is 5.41 Å². The summed E-state index contributed by atoms with van der Waals surface area (Å²) in [5, 5.41) is 8.80. The summed E-state index contributed by atoms with van der Waals surface area (Å²) in [6.45, 7) is 6.16. The van der Waals surface area contributed by atoms with E-state index in [4.69, 9.17) is 5.11 Å². The lowest BCUT2D eigenvalue weighted by molar-refractivity contribution is 0.0692. The quantitative estimate of drug-likeness (QED) is 0.877. The molecule has 18 heavy (non-hydrogen) atoms. The van der Waals surface area contributed by atoms with Crippen LogP contribution in [0.4, 0.5) is 10.1 Å². The molecular weight excluding hydrogens is 233 g/mol. The van der Waals surface area contributed by atoms with Crippen molar-refractivity contribution in [3.05, 3.63) is 29.6 Å². The summed E-state index contributed by atoms with van der Waals surface area (Å²) in [5.74, 6) is -1.89. The molecule has 0 spiro atoms. The maximum Gasteiger partial charge on any atom is 0.338 e. The fourth-order valence-corrected chi connectivity index (χ4v) is 2.52. The van der Waals surface area contributed by atoms with Gasteiger partial charge in [0.1, 0.15) is 5.82 Å². The number of hydrogen-bond acceptors (Lipinski definition) is 2. The minimum Gasteiger partial charge on any atom is -0.478 e. The van der Waals surface area contributed by atoms with E-state index in [0.717, 1.165) is 25.2 Å². The molecule has 2 rings (SSSR count). The van der Waals surface area contributed by atoms with Crippen molar-refractivity contribution in [1.82, 2.24) is 0 Å². The van der Waals surface area contributed by atoms with Crippen LogP contribution in [0.25, 0.3) is 0 Å². The molecule has 3 nitrogen and oxygen atoms in total. The molecule has 0 aromatic heterocycles. The van der Waals surface area contributed by atoms with E-state index < -0.39 is 11.8 Å². The normalized spacial score (nSPS) is 18.7. The number of carboxylic acid groups (broad SMARTS) is 1. The number of nitrogens with zero attached hydrogens (tertiary/aromatic N) is 1. The van der Waals surface area contributed by atoms with Crippen LogP contribution in [0.15, 0.2) is 18.2 Å². The molecule has 1 aromatic carbocycles. The van der Waals surface area contributed by atoms with Crippen molar-refractivity contribution in [3.8, 4) is 0 Å². The second kappa shape index (κ2) is 4.59. The molecule has 1 heterocycles. The topological polar surface area (TPSA) is 40.5 Å². The predicted octanol–water partition coefficient (Wildman–Crippen LogP) is 3.15. The lowest BCUT2D eigenvalue weighted by Crippen LogP contribution is -2.40. The van der Waals surface area contributed by atoms with Gasteiger partial charge in [-0.15, -0.1) is 0 Å². The number of benzene rings is 1. The average molecular weight is 251 g/mol. The standard InChI is InChI=1S/C14H18FNO2/c1-14(2)6-3-7-16(9-14)10-4-5-11(13(17)18)12(15)8-10/h4-5,8H,3,6-7,9H2,1-2H3,(H,17,18). The van der Waals surface area contributed by atoms with Crippen molar-refractivity contribution in [1.29, 1.82) is 0 Å². The third-order valence-electron chi connectivity index (χ3n) is 3.45. The molecule has 0 amide bonds. The first-order valence-electron chi connectivity index (χ1n) is 6.17. The summed E-state index contributed by atoms with van der Waals surface area (Å²) >= 11 is 0. The van der Waals surface area contributed by atoms with E-state index in [2.05, 4.69) is 18.7 Å². The Morgan fingerprint density at radius 2 is 2.17 bits per heavy atom. The molecule has 4 heteroatoms. The Labute approximate surface area is 106 Å². The molecule has 1 aliphatic heterocycles. The summed E-state index contributed by atoms with van der Waals surface area (Å²) < 4.78 is 13.6. The zero-order chi connectivity index (χ0) is 13.3. The van der Waals surface area contributed by atoms with Gasteiger partial charge in [-0.25, -0.2) is 9.18 Å². The van der Waals surface area contributed by atoms with Crippen molar-refractivity contribution >= 4 is 11.7 Å². The Balaban J connectivity index is 2.24. The van der Waals surface area contributed by atoms with E-state index in [0.29, 0.717) is 0 Å². The minimum atomic E-state index is -1.22.